The molecule has 0 radical (unpaired) electrons. The number of benzene rings is 1. The lowest BCUT2D eigenvalue weighted by Crippen LogP contribution is -2.53. The van der Waals surface area contributed by atoms with Crippen LogP contribution in [0.4, 0.5) is 22.6 Å². The Morgan fingerprint density at radius 3 is 2.52 bits per heavy atom. The Bertz CT molecular complexity index is 2190. The number of aryl methyl sites for hydroxylation is 1. The van der Waals surface area contributed by atoms with Crippen molar-refractivity contribution >= 4 is 61.9 Å². The van der Waals surface area contributed by atoms with Gasteiger partial charge in [-0.15, -0.1) is 10.2 Å². The fraction of sp³-hybridized carbons (Fsp3) is 0.545. The van der Waals surface area contributed by atoms with Crippen LogP contribution in [0, 0.1) is 35.0 Å². The number of hydrogen-bond acceptors (Lipinski definition) is 13. The second-order valence-corrected chi connectivity index (χ2v) is 19.3. The summed E-state index contributed by atoms with van der Waals surface area (Å²) in [6.07, 6.45) is 8.21. The highest BCUT2D eigenvalue weighted by Gasteiger charge is 2.60. The Hall–Kier alpha value is -4.50. The maximum atomic E-state index is 12.7. The van der Waals surface area contributed by atoms with Gasteiger partial charge in [-0.1, -0.05) is 37.3 Å². The molecule has 5 fully saturated rings. The molecule has 4 aromatic rings. The molecule has 3 aromatic heterocycles. The Morgan fingerprint density at radius 1 is 1.03 bits per heavy atom. The van der Waals surface area contributed by atoms with Gasteiger partial charge in [0.2, 0.25) is 0 Å². The van der Waals surface area contributed by atoms with E-state index in [1.54, 1.807) is 35.4 Å². The van der Waals surface area contributed by atoms with Gasteiger partial charge in [-0.2, -0.15) is 0 Å². The summed E-state index contributed by atoms with van der Waals surface area (Å²) in [5, 5.41) is 35.4. The predicted molar refractivity (Wildman–Crippen MR) is 232 cm³/mol. The number of nitrogens with zero attached hydrogens (tertiary/aromatic N) is 7. The SMILES string of the molecule is C/C(NCC1CC2(C)CC3(C)CC1CC(OCCN1CCN(C)CC1)(C2)C3)=C(/C=N)c1ccc(N(C)c2cc(C)c(Nc3nc4ccccc4s3)nn2)nc1C(=O)O. The largest absolute Gasteiger partial charge is 0.476 e. The quantitative estimate of drug-likeness (QED) is 0.0928. The van der Waals surface area contributed by atoms with E-state index in [0.29, 0.717) is 40.4 Å². The summed E-state index contributed by atoms with van der Waals surface area (Å²) < 4.78 is 8.09. The van der Waals surface area contributed by atoms with Crippen molar-refractivity contribution < 1.29 is 14.6 Å². The highest BCUT2D eigenvalue weighted by atomic mass is 32.1. The highest BCUT2D eigenvalue weighted by molar-refractivity contribution is 7.22. The number of ether oxygens (including phenoxy) is 1. The first-order valence-electron chi connectivity index (χ1n) is 20.7. The van der Waals surface area contributed by atoms with E-state index in [-0.39, 0.29) is 22.1 Å². The summed E-state index contributed by atoms with van der Waals surface area (Å²) in [7, 11) is 3.99. The molecule has 1 aromatic carbocycles. The van der Waals surface area contributed by atoms with Crippen LogP contribution in [0.1, 0.15) is 80.9 Å². The number of allylic oxidation sites excluding steroid dienone is 2. The van der Waals surface area contributed by atoms with Gasteiger partial charge >= 0.3 is 5.97 Å². The number of carbonyl (C=O) groups is 1. The number of piperazine rings is 1. The number of rotatable bonds is 14. The molecule has 4 bridgehead atoms. The van der Waals surface area contributed by atoms with Crippen molar-refractivity contribution in [2.75, 3.05) is 70.2 Å². The summed E-state index contributed by atoms with van der Waals surface area (Å²) in [4.78, 5) is 28.6. The zero-order valence-corrected chi connectivity index (χ0v) is 35.6. The normalized spacial score (nSPS) is 27.6. The van der Waals surface area contributed by atoms with Gasteiger partial charge in [-0.3, -0.25) is 4.90 Å². The number of thiazole rings is 1. The van der Waals surface area contributed by atoms with Gasteiger partial charge in [0.05, 0.1) is 22.4 Å². The maximum absolute atomic E-state index is 12.7. The van der Waals surface area contributed by atoms with E-state index >= 15 is 0 Å². The first-order chi connectivity index (χ1) is 27.7. The second-order valence-electron chi connectivity index (χ2n) is 18.3. The monoisotopic (exact) mass is 806 g/mol. The van der Waals surface area contributed by atoms with Gasteiger partial charge in [-0.05, 0) is 118 Å². The molecule has 308 valence electrons. The van der Waals surface area contributed by atoms with Crippen molar-refractivity contribution in [1.82, 2.24) is 35.3 Å². The molecule has 4 saturated carbocycles. The summed E-state index contributed by atoms with van der Waals surface area (Å²) in [5.74, 6) is 1.35. The van der Waals surface area contributed by atoms with Crippen LogP contribution in [0.15, 0.2) is 48.2 Å². The van der Waals surface area contributed by atoms with Crippen molar-refractivity contribution in [3.63, 3.8) is 0 Å². The zero-order chi connectivity index (χ0) is 40.8. The van der Waals surface area contributed by atoms with Crippen LogP contribution < -0.4 is 15.5 Å². The minimum absolute atomic E-state index is 0.0612. The summed E-state index contributed by atoms with van der Waals surface area (Å²) in [6.45, 7) is 15.9. The third-order valence-corrected chi connectivity index (χ3v) is 14.3. The number of likely N-dealkylation sites (N-methyl/N-ethyl adjacent to an activating group) is 1. The van der Waals surface area contributed by atoms with E-state index in [2.05, 4.69) is 61.5 Å². The molecule has 5 aliphatic rings. The molecule has 58 heavy (non-hydrogen) atoms. The number of aromatic nitrogens is 4. The van der Waals surface area contributed by atoms with E-state index in [0.717, 1.165) is 98.2 Å². The van der Waals surface area contributed by atoms with E-state index < -0.39 is 5.97 Å². The van der Waals surface area contributed by atoms with Crippen LogP contribution in [-0.2, 0) is 4.74 Å². The first-order valence-corrected chi connectivity index (χ1v) is 21.5. The molecule has 13 nitrogen and oxygen atoms in total. The third-order valence-electron chi connectivity index (χ3n) is 13.3. The van der Waals surface area contributed by atoms with Crippen molar-refractivity contribution in [1.29, 1.82) is 5.41 Å². The number of carboxylic acids is 1. The Labute approximate surface area is 345 Å². The minimum atomic E-state index is -1.16. The molecular formula is C44H58N10O3S. The van der Waals surface area contributed by atoms with Gasteiger partial charge in [0.25, 0.3) is 0 Å². The van der Waals surface area contributed by atoms with Crippen LogP contribution in [0.2, 0.25) is 0 Å². The van der Waals surface area contributed by atoms with Gasteiger partial charge in [0, 0.05) is 69.4 Å². The van der Waals surface area contributed by atoms with Gasteiger partial charge in [-0.25, -0.2) is 14.8 Å². The van der Waals surface area contributed by atoms with Gasteiger partial charge < -0.3 is 35.7 Å². The third kappa shape index (κ3) is 8.34. The van der Waals surface area contributed by atoms with E-state index in [1.165, 1.54) is 19.1 Å². The molecule has 0 spiro atoms. The molecular weight excluding hydrogens is 749 g/mol. The number of hydrogen-bond donors (Lipinski definition) is 4. The molecule has 9 rings (SSSR count). The van der Waals surface area contributed by atoms with Crippen molar-refractivity contribution in [2.24, 2.45) is 22.7 Å². The fourth-order valence-corrected chi connectivity index (χ4v) is 11.9. The van der Waals surface area contributed by atoms with E-state index in [4.69, 9.17) is 10.1 Å². The fourth-order valence-electron chi connectivity index (χ4n) is 11.1. The van der Waals surface area contributed by atoms with Crippen LogP contribution >= 0.6 is 11.3 Å². The number of anilines is 4. The van der Waals surface area contributed by atoms with E-state index in [1.807, 2.05) is 44.2 Å². The molecule has 14 heteroatoms. The number of carboxylic acid groups (broad SMARTS) is 1. The van der Waals surface area contributed by atoms with Crippen LogP contribution in [-0.4, -0.2) is 113 Å². The number of para-hydroxylation sites is 1. The van der Waals surface area contributed by atoms with Crippen molar-refractivity contribution in [2.45, 2.75) is 71.8 Å². The maximum Gasteiger partial charge on any atom is 0.355 e. The molecule has 1 saturated heterocycles. The standard InChI is InChI=1S/C44H58N10O3S/c1-28-19-37(50-51-39(28)49-41-47-34-9-7-8-10-35(34)58-41)53(6)36-12-11-32(38(48-36)40(55)56)33(23-45)29(2)46-24-31-21-43(4)25-42(3)20-30(31)22-44(26-42,27-43)57-18-17-54-15-13-52(5)14-16-54/h7-12,19,23,30-31,45-46H,13-18,20-22,24-27H2,1-6H3,(H,55,56)(H,47,49,51)/b33-29+,45-23?. The number of nitrogens with one attached hydrogen (secondary N) is 3. The lowest BCUT2D eigenvalue weighted by atomic mass is 9.53. The summed E-state index contributed by atoms with van der Waals surface area (Å²) in [6, 6.07) is 13.4. The predicted octanol–water partition coefficient (Wildman–Crippen LogP) is 7.60. The lowest BCUT2D eigenvalue weighted by molar-refractivity contribution is -0.166. The average molecular weight is 807 g/mol. The highest BCUT2D eigenvalue weighted by Crippen LogP contribution is 2.66. The van der Waals surface area contributed by atoms with Gasteiger partial charge in [0.15, 0.2) is 22.5 Å². The van der Waals surface area contributed by atoms with Crippen molar-refractivity contribution in [3.05, 3.63) is 65.0 Å². The molecule has 4 aliphatic carbocycles. The smallest absolute Gasteiger partial charge is 0.355 e. The zero-order valence-electron chi connectivity index (χ0n) is 34.8. The number of fused-ring (bicyclic) bond motifs is 2. The molecule has 0 amide bonds. The van der Waals surface area contributed by atoms with Crippen LogP contribution in [0.3, 0.4) is 0 Å². The number of pyridine rings is 1. The summed E-state index contributed by atoms with van der Waals surface area (Å²) >= 11 is 1.54. The molecule has 5 unspecified atom stereocenters. The molecule has 1 aliphatic heterocycles. The second kappa shape index (κ2) is 15.9. The van der Waals surface area contributed by atoms with E-state index in [9.17, 15) is 9.90 Å². The molecule has 4 heterocycles. The Balaban J connectivity index is 0.955. The van der Waals surface area contributed by atoms with Gasteiger partial charge in [0.1, 0.15) is 5.82 Å². The minimum Gasteiger partial charge on any atom is -0.476 e. The number of aromatic carboxylic acids is 1. The summed E-state index contributed by atoms with van der Waals surface area (Å²) in [5.41, 5.74) is 3.76. The van der Waals surface area contributed by atoms with Crippen LogP contribution in [0.5, 0.6) is 0 Å². The first kappa shape index (κ1) is 40.3. The Kier molecular flexibility index (Phi) is 11.1. The average Bonchev–Trinajstić information content (AvgIpc) is 3.53. The molecule has 4 N–H and O–H groups in total. The topological polar surface area (TPSA) is 156 Å². The lowest BCUT2D eigenvalue weighted by Gasteiger charge is -2.56. The molecule has 5 atom stereocenters. The van der Waals surface area contributed by atoms with Crippen molar-refractivity contribution in [3.8, 4) is 0 Å². The Morgan fingerprint density at radius 2 is 1.79 bits per heavy atom. The van der Waals surface area contributed by atoms with Crippen LogP contribution in [0.25, 0.3) is 15.8 Å².